The largest absolute Gasteiger partial charge is 0.444 e. The molecule has 2 N–H and O–H groups in total. The van der Waals surface area contributed by atoms with Crippen LogP contribution in [0.2, 0.25) is 0 Å². The number of ether oxygens (including phenoxy) is 1. The summed E-state index contributed by atoms with van der Waals surface area (Å²) in [7, 11) is 0. The van der Waals surface area contributed by atoms with Crippen LogP contribution in [0, 0.1) is 5.41 Å². The number of likely N-dealkylation sites (tertiary alicyclic amines) is 1. The van der Waals surface area contributed by atoms with Gasteiger partial charge in [0, 0.05) is 18.5 Å². The number of carbonyl (C=O) groups excluding carboxylic acids is 1. The van der Waals surface area contributed by atoms with Crippen molar-refractivity contribution in [3.8, 4) is 0 Å². The fourth-order valence-electron chi connectivity index (χ4n) is 2.07. The minimum Gasteiger partial charge on any atom is -0.444 e. The molecule has 1 aliphatic heterocycles. The van der Waals surface area contributed by atoms with Crippen molar-refractivity contribution < 1.29 is 19.7 Å². The summed E-state index contributed by atoms with van der Waals surface area (Å²) in [5, 5.41) is 18.4. The predicted octanol–water partition coefficient (Wildman–Crippen LogP) is 1.15. The highest BCUT2D eigenvalue weighted by atomic mass is 16.6. The van der Waals surface area contributed by atoms with Gasteiger partial charge in [-0.3, -0.25) is 0 Å². The van der Waals surface area contributed by atoms with E-state index in [-0.39, 0.29) is 24.7 Å². The second-order valence-electron chi connectivity index (χ2n) is 6.08. The summed E-state index contributed by atoms with van der Waals surface area (Å²) >= 11 is 0. The van der Waals surface area contributed by atoms with Gasteiger partial charge in [-0.15, -0.1) is 0 Å². The molecule has 1 heterocycles. The number of hydrogen-bond donors (Lipinski definition) is 2. The van der Waals surface area contributed by atoms with Gasteiger partial charge in [0.05, 0.1) is 13.2 Å². The Balaban J connectivity index is 2.49. The number of aliphatic hydroxyl groups excluding tert-OH is 2. The lowest BCUT2D eigenvalue weighted by Gasteiger charge is -2.49. The summed E-state index contributed by atoms with van der Waals surface area (Å²) in [6, 6.07) is 0. The zero-order valence-corrected chi connectivity index (χ0v) is 11.4. The highest BCUT2D eigenvalue weighted by Crippen LogP contribution is 2.36. The summed E-state index contributed by atoms with van der Waals surface area (Å²) < 4.78 is 5.24. The quantitative estimate of drug-likeness (QED) is 0.741. The molecule has 0 aliphatic carbocycles. The molecule has 0 aromatic carbocycles. The van der Waals surface area contributed by atoms with Crippen LogP contribution in [0.3, 0.4) is 0 Å². The maximum Gasteiger partial charge on any atom is 0.410 e. The van der Waals surface area contributed by atoms with Crippen LogP contribution >= 0.6 is 0 Å². The first-order valence-electron chi connectivity index (χ1n) is 6.08. The van der Waals surface area contributed by atoms with Gasteiger partial charge in [0.2, 0.25) is 0 Å². The van der Waals surface area contributed by atoms with E-state index in [1.807, 2.05) is 20.8 Å². The van der Waals surface area contributed by atoms with E-state index in [1.54, 1.807) is 4.90 Å². The van der Waals surface area contributed by atoms with Gasteiger partial charge in [0.15, 0.2) is 0 Å². The minimum absolute atomic E-state index is 0.0225. The summed E-state index contributed by atoms with van der Waals surface area (Å²) in [6.07, 6.45) is 0.167. The lowest BCUT2D eigenvalue weighted by molar-refractivity contribution is -0.0560. The summed E-state index contributed by atoms with van der Waals surface area (Å²) in [5.41, 5.74) is -0.201. The van der Waals surface area contributed by atoms with E-state index >= 15 is 0 Å². The van der Waals surface area contributed by atoms with Crippen molar-refractivity contribution in [2.24, 2.45) is 5.41 Å². The van der Waals surface area contributed by atoms with Crippen LogP contribution in [0.15, 0.2) is 12.2 Å². The molecule has 0 saturated carbocycles. The first kappa shape index (κ1) is 15.0. The third-order valence-electron chi connectivity index (χ3n) is 2.89. The van der Waals surface area contributed by atoms with Crippen LogP contribution in [-0.2, 0) is 4.74 Å². The molecule has 5 nitrogen and oxygen atoms in total. The Kier molecular flexibility index (Phi) is 4.40. The van der Waals surface area contributed by atoms with Crippen LogP contribution in [-0.4, -0.2) is 53.1 Å². The van der Waals surface area contributed by atoms with Crippen LogP contribution in [0.1, 0.15) is 27.2 Å². The number of aliphatic hydroxyl groups is 2. The van der Waals surface area contributed by atoms with Gasteiger partial charge in [-0.25, -0.2) is 4.79 Å². The van der Waals surface area contributed by atoms with E-state index in [0.29, 0.717) is 25.1 Å². The molecule has 0 unspecified atom stereocenters. The number of nitrogens with zero attached hydrogens (tertiary/aromatic N) is 1. The highest BCUT2D eigenvalue weighted by Gasteiger charge is 2.46. The van der Waals surface area contributed by atoms with E-state index in [1.165, 1.54) is 0 Å². The predicted molar refractivity (Wildman–Crippen MR) is 68.2 cm³/mol. The molecule has 1 fully saturated rings. The molecule has 104 valence electrons. The molecule has 5 heteroatoms. The lowest BCUT2D eigenvalue weighted by Crippen LogP contribution is -2.61. The van der Waals surface area contributed by atoms with Gasteiger partial charge < -0.3 is 19.8 Å². The topological polar surface area (TPSA) is 70.0 Å². The average molecular weight is 257 g/mol. The van der Waals surface area contributed by atoms with Gasteiger partial charge in [-0.1, -0.05) is 12.2 Å². The van der Waals surface area contributed by atoms with Crippen molar-refractivity contribution in [1.29, 1.82) is 0 Å². The van der Waals surface area contributed by atoms with Crippen LogP contribution in [0.25, 0.3) is 0 Å². The zero-order chi connectivity index (χ0) is 14.0. The highest BCUT2D eigenvalue weighted by molar-refractivity contribution is 5.69. The molecule has 0 spiro atoms. The number of carbonyl (C=O) groups is 1. The van der Waals surface area contributed by atoms with Gasteiger partial charge in [0.1, 0.15) is 5.60 Å². The molecular formula is C13H23NO4. The molecular weight excluding hydrogens is 234 g/mol. The first-order chi connectivity index (χ1) is 8.21. The molecule has 18 heavy (non-hydrogen) atoms. The average Bonchev–Trinajstić information content (AvgIpc) is 2.19. The van der Waals surface area contributed by atoms with Gasteiger partial charge in [-0.2, -0.15) is 0 Å². The normalized spacial score (nSPS) is 18.2. The zero-order valence-electron chi connectivity index (χ0n) is 11.4. The maximum absolute atomic E-state index is 11.8. The fourth-order valence-corrected chi connectivity index (χ4v) is 2.07. The van der Waals surface area contributed by atoms with Crippen molar-refractivity contribution in [1.82, 2.24) is 4.90 Å². The van der Waals surface area contributed by atoms with E-state index < -0.39 is 5.60 Å². The van der Waals surface area contributed by atoms with E-state index in [9.17, 15) is 9.90 Å². The van der Waals surface area contributed by atoms with Gasteiger partial charge in [-0.05, 0) is 27.2 Å². The monoisotopic (exact) mass is 257 g/mol. The summed E-state index contributed by atoms with van der Waals surface area (Å²) in [5.74, 6) is 0. The molecule has 1 saturated heterocycles. The third kappa shape index (κ3) is 3.71. The molecule has 0 atom stereocenters. The smallest absolute Gasteiger partial charge is 0.410 e. The van der Waals surface area contributed by atoms with Crippen molar-refractivity contribution in [3.63, 3.8) is 0 Å². The van der Waals surface area contributed by atoms with E-state index in [4.69, 9.17) is 9.84 Å². The van der Waals surface area contributed by atoms with Crippen molar-refractivity contribution in [2.75, 3.05) is 26.3 Å². The summed E-state index contributed by atoms with van der Waals surface area (Å²) in [4.78, 5) is 13.3. The lowest BCUT2D eigenvalue weighted by atomic mass is 9.76. The molecule has 0 radical (unpaired) electrons. The molecule has 1 amide bonds. The number of hydrogen-bond acceptors (Lipinski definition) is 4. The molecule has 0 bridgehead atoms. The standard InChI is InChI=1S/C13H23NO4/c1-10(6-15)5-13(9-16)7-14(8-13)11(17)18-12(2,3)4/h15-16H,1,5-9H2,2-4H3. The first-order valence-corrected chi connectivity index (χ1v) is 6.08. The van der Waals surface area contributed by atoms with Crippen molar-refractivity contribution >= 4 is 6.09 Å². The number of amides is 1. The maximum atomic E-state index is 11.8. The van der Waals surface area contributed by atoms with Crippen LogP contribution in [0.5, 0.6) is 0 Å². The Labute approximate surface area is 108 Å². The van der Waals surface area contributed by atoms with Crippen molar-refractivity contribution in [2.45, 2.75) is 32.8 Å². The molecule has 0 aromatic rings. The third-order valence-corrected chi connectivity index (χ3v) is 2.89. The summed E-state index contributed by atoms with van der Waals surface area (Å²) in [6.45, 7) is 9.94. The Morgan fingerprint density at radius 2 is 1.94 bits per heavy atom. The molecule has 1 aliphatic rings. The Morgan fingerprint density at radius 1 is 1.39 bits per heavy atom. The number of rotatable bonds is 4. The van der Waals surface area contributed by atoms with Gasteiger partial charge >= 0.3 is 6.09 Å². The van der Waals surface area contributed by atoms with Crippen molar-refractivity contribution in [3.05, 3.63) is 12.2 Å². The van der Waals surface area contributed by atoms with Gasteiger partial charge in [0.25, 0.3) is 0 Å². The Hall–Kier alpha value is -1.07. The second-order valence-corrected chi connectivity index (χ2v) is 6.08. The van der Waals surface area contributed by atoms with E-state index in [2.05, 4.69) is 6.58 Å². The SMILES string of the molecule is C=C(CO)CC1(CO)CN(C(=O)OC(C)(C)C)C1. The van der Waals surface area contributed by atoms with E-state index in [0.717, 1.165) is 0 Å². The van der Waals surface area contributed by atoms with Crippen LogP contribution < -0.4 is 0 Å². The molecule has 0 aromatic heterocycles. The minimum atomic E-state index is -0.511. The Bertz CT molecular complexity index is 326. The Morgan fingerprint density at radius 3 is 2.33 bits per heavy atom. The second kappa shape index (κ2) is 5.28. The fraction of sp³-hybridized carbons (Fsp3) is 0.769. The van der Waals surface area contributed by atoms with Crippen LogP contribution in [0.4, 0.5) is 4.79 Å². The molecule has 1 rings (SSSR count).